The van der Waals surface area contributed by atoms with E-state index in [1.807, 2.05) is 17.0 Å². The Hall–Kier alpha value is -2.10. The Morgan fingerprint density at radius 1 is 1.30 bits per heavy atom. The maximum absolute atomic E-state index is 12.1. The number of benzene rings is 1. The third kappa shape index (κ3) is 3.70. The van der Waals surface area contributed by atoms with Crippen molar-refractivity contribution in [1.82, 2.24) is 10.2 Å². The van der Waals surface area contributed by atoms with E-state index in [1.54, 1.807) is 0 Å². The molecule has 1 heterocycles. The summed E-state index contributed by atoms with van der Waals surface area (Å²) in [4.78, 5) is 25.0. The highest BCUT2D eigenvalue weighted by Crippen LogP contribution is 2.19. The quantitative estimate of drug-likeness (QED) is 0.654. The number of carbonyl (C=O) groups is 2. The Bertz CT molecular complexity index is 511. The average molecular weight is 272 g/mol. The second-order valence-electron chi connectivity index (χ2n) is 4.93. The Morgan fingerprint density at radius 3 is 2.80 bits per heavy atom. The summed E-state index contributed by atoms with van der Waals surface area (Å²) in [5, 5.41) is 2.68. The zero-order chi connectivity index (χ0) is 14.4. The standard InChI is InChI=1S/C16H20N2O2/c1-2-15(19)17-10-5-8-16(20)18-11-9-13-6-3-4-7-14(13)12-18/h2-4,6-7H,1,5,8-12H2,(H,17,19). The molecule has 0 radical (unpaired) electrons. The predicted molar refractivity (Wildman–Crippen MR) is 78.0 cm³/mol. The molecule has 0 spiro atoms. The Labute approximate surface area is 119 Å². The largest absolute Gasteiger partial charge is 0.353 e. The number of amides is 2. The van der Waals surface area contributed by atoms with Gasteiger partial charge in [-0.2, -0.15) is 0 Å². The Morgan fingerprint density at radius 2 is 2.05 bits per heavy atom. The summed E-state index contributed by atoms with van der Waals surface area (Å²) in [6.07, 6.45) is 3.30. The molecule has 0 saturated carbocycles. The molecule has 4 heteroatoms. The number of fused-ring (bicyclic) bond motifs is 1. The molecule has 2 amide bonds. The molecule has 106 valence electrons. The van der Waals surface area contributed by atoms with Gasteiger partial charge in [0.05, 0.1) is 0 Å². The third-order valence-corrected chi connectivity index (χ3v) is 3.54. The van der Waals surface area contributed by atoms with E-state index < -0.39 is 0 Å². The van der Waals surface area contributed by atoms with Crippen LogP contribution in [0.15, 0.2) is 36.9 Å². The zero-order valence-corrected chi connectivity index (χ0v) is 11.6. The molecule has 2 rings (SSSR count). The van der Waals surface area contributed by atoms with Crippen molar-refractivity contribution in [2.75, 3.05) is 13.1 Å². The lowest BCUT2D eigenvalue weighted by Gasteiger charge is -2.29. The topological polar surface area (TPSA) is 49.4 Å². The summed E-state index contributed by atoms with van der Waals surface area (Å²) in [7, 11) is 0. The fourth-order valence-electron chi connectivity index (χ4n) is 2.39. The molecule has 0 fully saturated rings. The Kier molecular flexibility index (Phi) is 4.93. The maximum Gasteiger partial charge on any atom is 0.243 e. The van der Waals surface area contributed by atoms with Crippen LogP contribution in [-0.4, -0.2) is 29.8 Å². The monoisotopic (exact) mass is 272 g/mol. The van der Waals surface area contributed by atoms with Crippen LogP contribution < -0.4 is 5.32 Å². The highest BCUT2D eigenvalue weighted by atomic mass is 16.2. The molecule has 0 bridgehead atoms. The highest BCUT2D eigenvalue weighted by Gasteiger charge is 2.19. The predicted octanol–water partition coefficient (Wildman–Crippen LogP) is 1.65. The molecule has 1 N–H and O–H groups in total. The van der Waals surface area contributed by atoms with Gasteiger partial charge in [-0.15, -0.1) is 0 Å². The van der Waals surface area contributed by atoms with Crippen molar-refractivity contribution < 1.29 is 9.59 Å². The molecule has 4 nitrogen and oxygen atoms in total. The molecule has 1 aliphatic heterocycles. The summed E-state index contributed by atoms with van der Waals surface area (Å²) < 4.78 is 0. The zero-order valence-electron chi connectivity index (χ0n) is 11.6. The van der Waals surface area contributed by atoms with Crippen LogP contribution in [0.2, 0.25) is 0 Å². The summed E-state index contributed by atoms with van der Waals surface area (Å²) in [5.74, 6) is -0.0308. The number of nitrogens with zero attached hydrogens (tertiary/aromatic N) is 1. The van der Waals surface area contributed by atoms with E-state index in [0.717, 1.165) is 13.0 Å². The van der Waals surface area contributed by atoms with Crippen molar-refractivity contribution in [2.24, 2.45) is 0 Å². The van der Waals surface area contributed by atoms with Crippen LogP contribution in [0.4, 0.5) is 0 Å². The van der Waals surface area contributed by atoms with E-state index in [9.17, 15) is 9.59 Å². The normalized spacial score (nSPS) is 13.5. The van der Waals surface area contributed by atoms with Gasteiger partial charge in [-0.05, 0) is 30.0 Å². The molecule has 0 atom stereocenters. The molecule has 0 aliphatic carbocycles. The second kappa shape index (κ2) is 6.89. The van der Waals surface area contributed by atoms with E-state index in [4.69, 9.17) is 0 Å². The average Bonchev–Trinajstić information content (AvgIpc) is 2.50. The van der Waals surface area contributed by atoms with Gasteiger partial charge in [0.25, 0.3) is 0 Å². The lowest BCUT2D eigenvalue weighted by atomic mass is 9.99. The van der Waals surface area contributed by atoms with Gasteiger partial charge in [0, 0.05) is 26.1 Å². The first-order valence-electron chi connectivity index (χ1n) is 6.95. The molecule has 1 aromatic rings. The van der Waals surface area contributed by atoms with Gasteiger partial charge >= 0.3 is 0 Å². The first-order chi connectivity index (χ1) is 9.70. The van der Waals surface area contributed by atoms with Gasteiger partial charge in [-0.3, -0.25) is 9.59 Å². The van der Waals surface area contributed by atoms with E-state index >= 15 is 0 Å². The van der Waals surface area contributed by atoms with E-state index in [-0.39, 0.29) is 11.8 Å². The molecule has 0 saturated heterocycles. The minimum Gasteiger partial charge on any atom is -0.353 e. The van der Waals surface area contributed by atoms with Crippen LogP contribution in [0.3, 0.4) is 0 Å². The molecule has 0 aromatic heterocycles. The highest BCUT2D eigenvalue weighted by molar-refractivity contribution is 5.86. The summed E-state index contributed by atoms with van der Waals surface area (Å²) in [6, 6.07) is 8.26. The third-order valence-electron chi connectivity index (χ3n) is 3.54. The van der Waals surface area contributed by atoms with Crippen LogP contribution >= 0.6 is 0 Å². The molecule has 1 aliphatic rings. The smallest absolute Gasteiger partial charge is 0.243 e. The van der Waals surface area contributed by atoms with Crippen molar-refractivity contribution in [1.29, 1.82) is 0 Å². The second-order valence-corrected chi connectivity index (χ2v) is 4.93. The molecular weight excluding hydrogens is 252 g/mol. The van der Waals surface area contributed by atoms with Gasteiger partial charge in [-0.25, -0.2) is 0 Å². The molecule has 20 heavy (non-hydrogen) atoms. The summed E-state index contributed by atoms with van der Waals surface area (Å²) in [6.45, 7) is 5.39. The fourth-order valence-corrected chi connectivity index (χ4v) is 2.39. The van der Waals surface area contributed by atoms with E-state index in [2.05, 4.69) is 24.0 Å². The van der Waals surface area contributed by atoms with Crippen LogP contribution in [0, 0.1) is 0 Å². The van der Waals surface area contributed by atoms with E-state index in [1.165, 1.54) is 17.2 Å². The number of rotatable bonds is 5. The summed E-state index contributed by atoms with van der Waals surface area (Å²) in [5.41, 5.74) is 2.59. The van der Waals surface area contributed by atoms with Gasteiger partial charge in [0.15, 0.2) is 0 Å². The minimum absolute atomic E-state index is 0.160. The number of nitrogens with one attached hydrogen (secondary N) is 1. The van der Waals surface area contributed by atoms with Crippen LogP contribution in [0.1, 0.15) is 24.0 Å². The van der Waals surface area contributed by atoms with Crippen LogP contribution in [0.25, 0.3) is 0 Å². The number of hydrogen-bond donors (Lipinski definition) is 1. The number of carbonyl (C=O) groups excluding carboxylic acids is 2. The molecular formula is C16H20N2O2. The molecule has 1 aromatic carbocycles. The minimum atomic E-state index is -0.190. The first-order valence-corrected chi connectivity index (χ1v) is 6.95. The van der Waals surface area contributed by atoms with Crippen molar-refractivity contribution in [3.8, 4) is 0 Å². The van der Waals surface area contributed by atoms with Crippen molar-refractivity contribution >= 4 is 11.8 Å². The van der Waals surface area contributed by atoms with Crippen molar-refractivity contribution in [3.05, 3.63) is 48.0 Å². The van der Waals surface area contributed by atoms with Crippen molar-refractivity contribution in [2.45, 2.75) is 25.8 Å². The lowest BCUT2D eigenvalue weighted by Crippen LogP contribution is -2.36. The first kappa shape index (κ1) is 14.3. The van der Waals surface area contributed by atoms with Gasteiger partial charge in [0.1, 0.15) is 0 Å². The van der Waals surface area contributed by atoms with Crippen molar-refractivity contribution in [3.63, 3.8) is 0 Å². The van der Waals surface area contributed by atoms with Crippen LogP contribution in [-0.2, 0) is 22.6 Å². The van der Waals surface area contributed by atoms with E-state index in [0.29, 0.717) is 25.9 Å². The Balaban J connectivity index is 1.77. The number of hydrogen-bond acceptors (Lipinski definition) is 2. The SMILES string of the molecule is C=CC(=O)NCCCC(=O)N1CCc2ccccc2C1. The van der Waals surface area contributed by atoms with Gasteiger partial charge < -0.3 is 10.2 Å². The summed E-state index contributed by atoms with van der Waals surface area (Å²) >= 11 is 0. The van der Waals surface area contributed by atoms with Gasteiger partial charge in [-0.1, -0.05) is 30.8 Å². The fraction of sp³-hybridized carbons (Fsp3) is 0.375. The molecule has 0 unspecified atom stereocenters. The van der Waals surface area contributed by atoms with Gasteiger partial charge in [0.2, 0.25) is 11.8 Å². The maximum atomic E-state index is 12.1. The lowest BCUT2D eigenvalue weighted by molar-refractivity contribution is -0.132. The van der Waals surface area contributed by atoms with Crippen LogP contribution in [0.5, 0.6) is 0 Å².